The van der Waals surface area contributed by atoms with Crippen LogP contribution in [0.5, 0.6) is 11.5 Å². The fourth-order valence-electron chi connectivity index (χ4n) is 1.73. The van der Waals surface area contributed by atoms with Crippen molar-refractivity contribution in [3.63, 3.8) is 0 Å². The highest BCUT2D eigenvalue weighted by Gasteiger charge is 2.17. The maximum Gasteiger partial charge on any atom is 0.262 e. The van der Waals surface area contributed by atoms with Gasteiger partial charge in [0.1, 0.15) is 17.3 Å². The minimum atomic E-state index is -3.92. The molecule has 0 saturated heterocycles. The summed E-state index contributed by atoms with van der Waals surface area (Å²) in [6.45, 7) is 0. The van der Waals surface area contributed by atoms with Crippen LogP contribution in [-0.2, 0) is 10.0 Å². The lowest BCUT2D eigenvalue weighted by molar-refractivity contribution is 0.405. The highest BCUT2D eigenvalue weighted by Crippen LogP contribution is 2.30. The van der Waals surface area contributed by atoms with E-state index < -0.39 is 15.8 Å². The molecule has 5 nitrogen and oxygen atoms in total. The zero-order valence-electron chi connectivity index (χ0n) is 11.5. The maximum atomic E-state index is 13.2. The molecule has 0 saturated carbocycles. The third-order valence-electron chi connectivity index (χ3n) is 2.76. The lowest BCUT2D eigenvalue weighted by Crippen LogP contribution is -2.14. The number of halogens is 1. The van der Waals surface area contributed by atoms with Crippen LogP contribution >= 0.6 is 0 Å². The summed E-state index contributed by atoms with van der Waals surface area (Å²) in [5.74, 6) is 0.166. The molecule has 0 aromatic heterocycles. The minimum Gasteiger partial charge on any atom is -0.497 e. The Bertz CT molecular complexity index is 746. The van der Waals surface area contributed by atoms with Gasteiger partial charge in [0, 0.05) is 6.07 Å². The van der Waals surface area contributed by atoms with Crippen LogP contribution in [0, 0.1) is 5.82 Å². The summed E-state index contributed by atoms with van der Waals surface area (Å²) in [5, 5.41) is 0. The monoisotopic (exact) mass is 311 g/mol. The third kappa shape index (κ3) is 3.43. The Balaban J connectivity index is 2.40. The second-order valence-corrected chi connectivity index (χ2v) is 5.81. The van der Waals surface area contributed by atoms with Gasteiger partial charge in [0.25, 0.3) is 10.0 Å². The first-order valence-electron chi connectivity index (χ1n) is 5.96. The molecule has 2 aromatic rings. The Morgan fingerprint density at radius 3 is 2.43 bits per heavy atom. The van der Waals surface area contributed by atoms with E-state index in [1.165, 1.54) is 38.5 Å². The number of sulfonamides is 1. The van der Waals surface area contributed by atoms with Crippen LogP contribution in [0.25, 0.3) is 0 Å². The van der Waals surface area contributed by atoms with Gasteiger partial charge < -0.3 is 9.47 Å². The molecule has 112 valence electrons. The van der Waals surface area contributed by atoms with Crippen molar-refractivity contribution in [3.05, 3.63) is 48.3 Å². The zero-order chi connectivity index (χ0) is 15.5. The molecule has 0 bridgehead atoms. The molecule has 0 atom stereocenters. The van der Waals surface area contributed by atoms with Crippen LogP contribution in [0.2, 0.25) is 0 Å². The topological polar surface area (TPSA) is 64.6 Å². The zero-order valence-corrected chi connectivity index (χ0v) is 12.3. The number of nitrogens with one attached hydrogen (secondary N) is 1. The number of hydrogen-bond acceptors (Lipinski definition) is 4. The van der Waals surface area contributed by atoms with Crippen LogP contribution in [0.15, 0.2) is 47.4 Å². The molecule has 1 N–H and O–H groups in total. The Morgan fingerprint density at radius 2 is 1.81 bits per heavy atom. The van der Waals surface area contributed by atoms with Crippen LogP contribution in [-0.4, -0.2) is 22.6 Å². The lowest BCUT2D eigenvalue weighted by atomic mass is 10.3. The van der Waals surface area contributed by atoms with Crippen LogP contribution in [0.3, 0.4) is 0 Å². The van der Waals surface area contributed by atoms with Crippen molar-refractivity contribution >= 4 is 15.7 Å². The molecular weight excluding hydrogens is 297 g/mol. The molecule has 21 heavy (non-hydrogen) atoms. The van der Waals surface area contributed by atoms with E-state index in [4.69, 9.17) is 9.47 Å². The molecule has 0 heterocycles. The standard InChI is InChI=1S/C14H14FNO4S/c1-19-11-6-7-14(20-2)13(9-11)16-21(17,18)12-5-3-4-10(15)8-12/h3-9,16H,1-2H3. The summed E-state index contributed by atoms with van der Waals surface area (Å²) in [6, 6.07) is 9.43. The first-order chi connectivity index (χ1) is 9.96. The third-order valence-corrected chi connectivity index (χ3v) is 4.12. The Labute approximate surface area is 122 Å². The highest BCUT2D eigenvalue weighted by atomic mass is 32.2. The van der Waals surface area contributed by atoms with Gasteiger partial charge in [-0.2, -0.15) is 0 Å². The van der Waals surface area contributed by atoms with Gasteiger partial charge in [-0.25, -0.2) is 12.8 Å². The van der Waals surface area contributed by atoms with Crippen molar-refractivity contribution in [1.29, 1.82) is 0 Å². The van der Waals surface area contributed by atoms with Gasteiger partial charge >= 0.3 is 0 Å². The molecule has 0 aliphatic heterocycles. The molecule has 2 aromatic carbocycles. The van der Waals surface area contributed by atoms with Gasteiger partial charge in [-0.3, -0.25) is 4.72 Å². The van der Waals surface area contributed by atoms with E-state index in [-0.39, 0.29) is 10.6 Å². The van der Waals surface area contributed by atoms with Crippen molar-refractivity contribution < 1.29 is 22.3 Å². The molecule has 0 aliphatic carbocycles. The molecule has 7 heteroatoms. The van der Waals surface area contributed by atoms with Gasteiger partial charge in [-0.05, 0) is 30.3 Å². The highest BCUT2D eigenvalue weighted by molar-refractivity contribution is 7.92. The number of ether oxygens (including phenoxy) is 2. The van der Waals surface area contributed by atoms with E-state index in [0.29, 0.717) is 11.5 Å². The molecule has 0 unspecified atom stereocenters. The Morgan fingerprint density at radius 1 is 1.05 bits per heavy atom. The van der Waals surface area contributed by atoms with Gasteiger partial charge in [-0.15, -0.1) is 0 Å². The van der Waals surface area contributed by atoms with E-state index in [1.54, 1.807) is 12.1 Å². The van der Waals surface area contributed by atoms with Gasteiger partial charge in [0.05, 0.1) is 24.8 Å². The Kier molecular flexibility index (Phi) is 4.32. The summed E-state index contributed by atoms with van der Waals surface area (Å²) >= 11 is 0. The second kappa shape index (κ2) is 6.01. The van der Waals surface area contributed by atoms with Crippen molar-refractivity contribution in [3.8, 4) is 11.5 Å². The number of benzene rings is 2. The van der Waals surface area contributed by atoms with Crippen molar-refractivity contribution in [2.24, 2.45) is 0 Å². The average molecular weight is 311 g/mol. The molecule has 0 amide bonds. The smallest absolute Gasteiger partial charge is 0.262 e. The maximum absolute atomic E-state index is 13.2. The number of methoxy groups -OCH3 is 2. The molecule has 0 radical (unpaired) electrons. The largest absolute Gasteiger partial charge is 0.497 e. The summed E-state index contributed by atoms with van der Waals surface area (Å²) in [4.78, 5) is -0.174. The summed E-state index contributed by atoms with van der Waals surface area (Å²) in [6.07, 6.45) is 0. The van der Waals surface area contributed by atoms with E-state index in [1.807, 2.05) is 0 Å². The second-order valence-electron chi connectivity index (χ2n) is 4.13. The average Bonchev–Trinajstić information content (AvgIpc) is 2.46. The molecule has 2 rings (SSSR count). The van der Waals surface area contributed by atoms with Crippen LogP contribution < -0.4 is 14.2 Å². The number of rotatable bonds is 5. The van der Waals surface area contributed by atoms with E-state index in [0.717, 1.165) is 6.07 Å². The fraction of sp³-hybridized carbons (Fsp3) is 0.143. The fourth-order valence-corrected chi connectivity index (χ4v) is 2.82. The van der Waals surface area contributed by atoms with Crippen molar-refractivity contribution in [2.75, 3.05) is 18.9 Å². The normalized spacial score (nSPS) is 11.0. The number of anilines is 1. The van der Waals surface area contributed by atoms with Crippen molar-refractivity contribution in [1.82, 2.24) is 0 Å². The summed E-state index contributed by atoms with van der Waals surface area (Å²) < 4.78 is 50.2. The van der Waals surface area contributed by atoms with E-state index >= 15 is 0 Å². The molecule has 0 fully saturated rings. The SMILES string of the molecule is COc1ccc(OC)c(NS(=O)(=O)c2cccc(F)c2)c1. The van der Waals surface area contributed by atoms with Gasteiger partial charge in [0.15, 0.2) is 0 Å². The lowest BCUT2D eigenvalue weighted by Gasteiger charge is -2.13. The quantitative estimate of drug-likeness (QED) is 0.922. The first kappa shape index (κ1) is 15.1. The summed E-state index contributed by atoms with van der Waals surface area (Å²) in [5.41, 5.74) is 0.209. The van der Waals surface area contributed by atoms with Gasteiger partial charge in [-0.1, -0.05) is 6.07 Å². The van der Waals surface area contributed by atoms with Crippen LogP contribution in [0.1, 0.15) is 0 Å². The Hall–Kier alpha value is -2.28. The summed E-state index contributed by atoms with van der Waals surface area (Å²) in [7, 11) is -1.04. The van der Waals surface area contributed by atoms with Crippen LogP contribution in [0.4, 0.5) is 10.1 Å². The molecular formula is C14H14FNO4S. The predicted molar refractivity (Wildman–Crippen MR) is 76.8 cm³/mol. The van der Waals surface area contributed by atoms with Crippen molar-refractivity contribution in [2.45, 2.75) is 4.90 Å². The first-order valence-corrected chi connectivity index (χ1v) is 7.45. The molecule has 0 aliphatic rings. The minimum absolute atomic E-state index is 0.174. The number of hydrogen-bond donors (Lipinski definition) is 1. The van der Waals surface area contributed by atoms with Gasteiger partial charge in [0.2, 0.25) is 0 Å². The molecule has 0 spiro atoms. The van der Waals surface area contributed by atoms with E-state index in [9.17, 15) is 12.8 Å². The van der Waals surface area contributed by atoms with E-state index in [2.05, 4.69) is 4.72 Å². The predicted octanol–water partition coefficient (Wildman–Crippen LogP) is 2.64.